The smallest absolute Gasteiger partial charge is 0.191 e. The van der Waals surface area contributed by atoms with Crippen LogP contribution in [0.1, 0.15) is 43.2 Å². The summed E-state index contributed by atoms with van der Waals surface area (Å²) in [5, 5.41) is 6.89. The van der Waals surface area contributed by atoms with Crippen LogP contribution in [0.4, 0.5) is 0 Å². The lowest BCUT2D eigenvalue weighted by Crippen LogP contribution is -2.42. The molecule has 0 radical (unpaired) electrons. The van der Waals surface area contributed by atoms with Crippen LogP contribution < -0.4 is 10.6 Å². The van der Waals surface area contributed by atoms with Crippen LogP contribution in [0.5, 0.6) is 0 Å². The molecule has 1 aromatic carbocycles. The Labute approximate surface area is 169 Å². The van der Waals surface area contributed by atoms with Gasteiger partial charge in [0.25, 0.3) is 0 Å². The van der Waals surface area contributed by atoms with Crippen LogP contribution >= 0.6 is 24.0 Å². The lowest BCUT2D eigenvalue weighted by molar-refractivity contribution is 0.221. The molecule has 1 saturated heterocycles. The van der Waals surface area contributed by atoms with Crippen LogP contribution in [-0.4, -0.2) is 37.0 Å². The third-order valence-corrected chi connectivity index (χ3v) is 4.91. The van der Waals surface area contributed by atoms with E-state index in [0.29, 0.717) is 6.04 Å². The van der Waals surface area contributed by atoms with Crippen LogP contribution in [0.15, 0.2) is 41.4 Å². The zero-order valence-electron chi connectivity index (χ0n) is 15.2. The summed E-state index contributed by atoms with van der Waals surface area (Å²) < 4.78 is 0. The van der Waals surface area contributed by atoms with E-state index in [1.807, 2.05) is 7.05 Å². The quantitative estimate of drug-likeness (QED) is 0.309. The van der Waals surface area contributed by atoms with Gasteiger partial charge in [-0.05, 0) is 49.9 Å². The normalized spacial score (nSPS) is 18.8. The predicted octanol–water partition coefficient (Wildman–Crippen LogP) is 3.67. The number of halogens is 1. The lowest BCUT2D eigenvalue weighted by Gasteiger charge is -2.26. The Bertz CT molecular complexity index is 554. The molecule has 0 spiro atoms. The molecule has 1 fully saturated rings. The summed E-state index contributed by atoms with van der Waals surface area (Å²) in [4.78, 5) is 6.89. The number of piperidine rings is 1. The molecular weight excluding hydrogens is 423 g/mol. The molecule has 2 N–H and O–H groups in total. The maximum Gasteiger partial charge on any atom is 0.191 e. The van der Waals surface area contributed by atoms with Gasteiger partial charge in [0.05, 0.1) is 0 Å². The van der Waals surface area contributed by atoms with Gasteiger partial charge in [0.15, 0.2) is 5.96 Å². The fourth-order valence-electron chi connectivity index (χ4n) is 3.45. The molecule has 138 valence electrons. The van der Waals surface area contributed by atoms with Gasteiger partial charge < -0.3 is 10.6 Å². The molecule has 2 aliphatic rings. The number of likely N-dealkylation sites (tertiary alicyclic amines) is 1. The minimum atomic E-state index is 0. The van der Waals surface area contributed by atoms with Crippen LogP contribution in [0.2, 0.25) is 0 Å². The number of hydrogen-bond acceptors (Lipinski definition) is 2. The maximum atomic E-state index is 4.32. The van der Waals surface area contributed by atoms with Crippen molar-refractivity contribution in [3.05, 3.63) is 47.5 Å². The third kappa shape index (κ3) is 6.62. The number of benzene rings is 1. The molecule has 1 aliphatic heterocycles. The molecule has 25 heavy (non-hydrogen) atoms. The van der Waals surface area contributed by atoms with Gasteiger partial charge in [-0.2, -0.15) is 0 Å². The first-order valence-corrected chi connectivity index (χ1v) is 9.26. The molecule has 5 heteroatoms. The first-order valence-electron chi connectivity index (χ1n) is 9.26. The largest absolute Gasteiger partial charge is 0.353 e. The molecule has 1 heterocycles. The van der Waals surface area contributed by atoms with E-state index in [1.165, 1.54) is 43.5 Å². The van der Waals surface area contributed by atoms with Crippen LogP contribution in [0, 0.1) is 0 Å². The molecule has 0 amide bonds. The lowest BCUT2D eigenvalue weighted by atomic mass is 10.1. The summed E-state index contributed by atoms with van der Waals surface area (Å²) in [6.45, 7) is 4.40. The Kier molecular flexibility index (Phi) is 8.75. The van der Waals surface area contributed by atoms with E-state index in [0.717, 1.165) is 31.9 Å². The summed E-state index contributed by atoms with van der Waals surface area (Å²) in [5.74, 6) is 0.890. The Morgan fingerprint density at radius 1 is 1.04 bits per heavy atom. The Morgan fingerprint density at radius 3 is 2.32 bits per heavy atom. The van der Waals surface area contributed by atoms with Crippen molar-refractivity contribution in [1.82, 2.24) is 15.5 Å². The minimum absolute atomic E-state index is 0. The monoisotopic (exact) mass is 454 g/mol. The number of hydrogen-bond donors (Lipinski definition) is 2. The van der Waals surface area contributed by atoms with Crippen LogP contribution in [-0.2, 0) is 13.1 Å². The van der Waals surface area contributed by atoms with Crippen molar-refractivity contribution in [1.29, 1.82) is 0 Å². The van der Waals surface area contributed by atoms with Crippen molar-refractivity contribution in [2.45, 2.75) is 51.2 Å². The van der Waals surface area contributed by atoms with Crippen LogP contribution in [0.25, 0.3) is 0 Å². The molecule has 1 aromatic rings. The van der Waals surface area contributed by atoms with Gasteiger partial charge in [0, 0.05) is 26.2 Å². The fourth-order valence-corrected chi connectivity index (χ4v) is 3.45. The van der Waals surface area contributed by atoms with E-state index in [9.17, 15) is 0 Å². The Morgan fingerprint density at radius 2 is 1.68 bits per heavy atom. The first-order chi connectivity index (χ1) is 11.8. The van der Waals surface area contributed by atoms with Gasteiger partial charge in [0.1, 0.15) is 0 Å². The Hall–Kier alpha value is -1.08. The second kappa shape index (κ2) is 10.8. The van der Waals surface area contributed by atoms with Crippen molar-refractivity contribution in [3.8, 4) is 0 Å². The number of nitrogens with zero attached hydrogens (tertiary/aromatic N) is 2. The van der Waals surface area contributed by atoms with E-state index in [2.05, 4.69) is 56.9 Å². The topological polar surface area (TPSA) is 39.7 Å². The van der Waals surface area contributed by atoms with Gasteiger partial charge in [-0.25, -0.2) is 0 Å². The highest BCUT2D eigenvalue weighted by Crippen LogP contribution is 2.13. The average Bonchev–Trinajstić information content (AvgIpc) is 3.14. The first kappa shape index (κ1) is 20.2. The van der Waals surface area contributed by atoms with Gasteiger partial charge >= 0.3 is 0 Å². The van der Waals surface area contributed by atoms with Crippen molar-refractivity contribution in [2.75, 3.05) is 20.1 Å². The predicted molar refractivity (Wildman–Crippen MR) is 116 cm³/mol. The SMILES string of the molecule is CN=C(NCc1ccc(CN2CCCCC2)cc1)NC1CC=CC1.I. The van der Waals surface area contributed by atoms with E-state index in [1.54, 1.807) is 0 Å². The third-order valence-electron chi connectivity index (χ3n) is 4.91. The van der Waals surface area contributed by atoms with E-state index >= 15 is 0 Å². The average molecular weight is 454 g/mol. The summed E-state index contributed by atoms with van der Waals surface area (Å²) in [7, 11) is 1.83. The van der Waals surface area contributed by atoms with Crippen molar-refractivity contribution >= 4 is 29.9 Å². The van der Waals surface area contributed by atoms with E-state index < -0.39 is 0 Å². The summed E-state index contributed by atoms with van der Waals surface area (Å²) >= 11 is 0. The zero-order valence-corrected chi connectivity index (χ0v) is 17.5. The second-order valence-electron chi connectivity index (χ2n) is 6.86. The molecule has 0 atom stereocenters. The number of guanidine groups is 1. The van der Waals surface area contributed by atoms with Gasteiger partial charge in [-0.3, -0.25) is 9.89 Å². The summed E-state index contributed by atoms with van der Waals surface area (Å²) in [5.41, 5.74) is 2.71. The van der Waals surface area contributed by atoms with Crippen molar-refractivity contribution in [3.63, 3.8) is 0 Å². The molecule has 0 aromatic heterocycles. The van der Waals surface area contributed by atoms with Gasteiger partial charge in [-0.15, -0.1) is 24.0 Å². The molecule has 0 saturated carbocycles. The van der Waals surface area contributed by atoms with Crippen molar-refractivity contribution < 1.29 is 0 Å². The number of nitrogens with one attached hydrogen (secondary N) is 2. The number of aliphatic imine (C=N–C) groups is 1. The van der Waals surface area contributed by atoms with Gasteiger partial charge in [-0.1, -0.05) is 42.8 Å². The molecule has 4 nitrogen and oxygen atoms in total. The number of rotatable bonds is 5. The molecule has 0 unspecified atom stereocenters. The maximum absolute atomic E-state index is 4.32. The fraction of sp³-hybridized carbons (Fsp3) is 0.550. The minimum Gasteiger partial charge on any atom is -0.353 e. The molecular formula is C20H31IN4. The standard InChI is InChI=1S/C20H30N4.HI/c1-21-20(23-19-7-3-4-8-19)22-15-17-9-11-18(12-10-17)16-24-13-5-2-6-14-24;/h3-4,9-12,19H,2,5-8,13-16H2,1H3,(H2,21,22,23);1H. The van der Waals surface area contributed by atoms with E-state index in [4.69, 9.17) is 0 Å². The van der Waals surface area contributed by atoms with E-state index in [-0.39, 0.29) is 24.0 Å². The second-order valence-corrected chi connectivity index (χ2v) is 6.86. The van der Waals surface area contributed by atoms with Crippen LogP contribution in [0.3, 0.4) is 0 Å². The Balaban J connectivity index is 0.00000225. The highest BCUT2D eigenvalue weighted by atomic mass is 127. The summed E-state index contributed by atoms with van der Waals surface area (Å²) in [6.07, 6.45) is 10.7. The zero-order chi connectivity index (χ0) is 16.6. The highest BCUT2D eigenvalue weighted by molar-refractivity contribution is 14.0. The molecule has 3 rings (SSSR count). The highest BCUT2D eigenvalue weighted by Gasteiger charge is 2.12. The molecule has 1 aliphatic carbocycles. The summed E-state index contributed by atoms with van der Waals surface area (Å²) in [6, 6.07) is 9.49. The van der Waals surface area contributed by atoms with Crippen molar-refractivity contribution in [2.24, 2.45) is 4.99 Å². The molecule has 0 bridgehead atoms. The van der Waals surface area contributed by atoms with Gasteiger partial charge in [0.2, 0.25) is 0 Å².